The van der Waals surface area contributed by atoms with E-state index < -0.39 is 0 Å². The van der Waals surface area contributed by atoms with Crippen molar-refractivity contribution in [3.05, 3.63) is 54.6 Å². The van der Waals surface area contributed by atoms with Gasteiger partial charge in [0.25, 0.3) is 0 Å². The Morgan fingerprint density at radius 3 is 2.55 bits per heavy atom. The lowest BCUT2D eigenvalue weighted by molar-refractivity contribution is -0.139. The molecule has 0 aliphatic heterocycles. The molecule has 0 radical (unpaired) electrons. The summed E-state index contributed by atoms with van der Waals surface area (Å²) in [6, 6.07) is 18.0. The second kappa shape index (κ2) is 6.23. The van der Waals surface area contributed by atoms with E-state index in [-0.39, 0.29) is 11.2 Å². The Bertz CT molecular complexity index is 799. The van der Waals surface area contributed by atoms with Crippen LogP contribution in [-0.4, -0.2) is 27.9 Å². The van der Waals surface area contributed by atoms with E-state index in [2.05, 4.69) is 9.55 Å². The molecule has 0 N–H and O–H groups in total. The summed E-state index contributed by atoms with van der Waals surface area (Å²) in [4.78, 5) is 16.4. The van der Waals surface area contributed by atoms with E-state index in [0.717, 1.165) is 21.9 Å². The van der Waals surface area contributed by atoms with E-state index in [1.54, 1.807) is 0 Å². The summed E-state index contributed by atoms with van der Waals surface area (Å²) in [5.74, 6) is -0.253. The largest absolute Gasteiger partial charge is 0.468 e. The fourth-order valence-electron chi connectivity index (χ4n) is 2.28. The number of ether oxygens (including phenoxy) is 1. The van der Waals surface area contributed by atoms with Gasteiger partial charge in [-0.1, -0.05) is 42.1 Å². The molecule has 0 saturated heterocycles. The summed E-state index contributed by atoms with van der Waals surface area (Å²) in [5.41, 5.74) is 2.95. The molecule has 3 aromatic rings. The number of methoxy groups -OCH3 is 1. The molecule has 112 valence electrons. The Labute approximate surface area is 133 Å². The SMILES string of the molecule is COC(=O)C(C)Sc1nc2ccccc2n1-c1ccccc1. The van der Waals surface area contributed by atoms with Crippen molar-refractivity contribution in [2.45, 2.75) is 17.3 Å². The van der Waals surface area contributed by atoms with Crippen LogP contribution in [0.1, 0.15) is 6.92 Å². The summed E-state index contributed by atoms with van der Waals surface area (Å²) in [5, 5.41) is 0.467. The van der Waals surface area contributed by atoms with Crippen LogP contribution in [0.5, 0.6) is 0 Å². The fraction of sp³-hybridized carbons (Fsp3) is 0.176. The van der Waals surface area contributed by atoms with Crippen molar-refractivity contribution in [2.24, 2.45) is 0 Å². The number of esters is 1. The van der Waals surface area contributed by atoms with Crippen LogP contribution in [0.2, 0.25) is 0 Å². The van der Waals surface area contributed by atoms with Crippen molar-refractivity contribution in [2.75, 3.05) is 7.11 Å². The first-order chi connectivity index (χ1) is 10.7. The van der Waals surface area contributed by atoms with E-state index in [4.69, 9.17) is 4.74 Å². The van der Waals surface area contributed by atoms with Crippen LogP contribution in [0.3, 0.4) is 0 Å². The number of carbonyl (C=O) groups is 1. The molecule has 0 spiro atoms. The third-order valence-electron chi connectivity index (χ3n) is 3.36. The quantitative estimate of drug-likeness (QED) is 0.544. The van der Waals surface area contributed by atoms with Crippen LogP contribution >= 0.6 is 11.8 Å². The maximum absolute atomic E-state index is 11.7. The second-order valence-electron chi connectivity index (χ2n) is 4.84. The maximum atomic E-state index is 11.7. The molecule has 22 heavy (non-hydrogen) atoms. The third-order valence-corrected chi connectivity index (χ3v) is 4.39. The zero-order valence-electron chi connectivity index (χ0n) is 12.4. The molecule has 4 nitrogen and oxygen atoms in total. The highest BCUT2D eigenvalue weighted by molar-refractivity contribution is 8.00. The van der Waals surface area contributed by atoms with Crippen LogP contribution in [0.25, 0.3) is 16.7 Å². The van der Waals surface area contributed by atoms with Crippen molar-refractivity contribution in [1.29, 1.82) is 0 Å². The Kier molecular flexibility index (Phi) is 4.15. The van der Waals surface area contributed by atoms with Crippen LogP contribution in [0.4, 0.5) is 0 Å². The minimum Gasteiger partial charge on any atom is -0.468 e. The molecule has 0 aliphatic rings. The lowest BCUT2D eigenvalue weighted by Crippen LogP contribution is -2.15. The molecule has 0 bridgehead atoms. The normalized spacial score (nSPS) is 12.3. The highest BCUT2D eigenvalue weighted by Gasteiger charge is 2.20. The number of fused-ring (bicyclic) bond motifs is 1. The number of imidazole rings is 1. The highest BCUT2D eigenvalue weighted by atomic mass is 32.2. The monoisotopic (exact) mass is 312 g/mol. The van der Waals surface area contributed by atoms with Gasteiger partial charge in [0.2, 0.25) is 0 Å². The Morgan fingerprint density at radius 1 is 1.14 bits per heavy atom. The highest BCUT2D eigenvalue weighted by Crippen LogP contribution is 2.30. The van der Waals surface area contributed by atoms with Crippen molar-refractivity contribution < 1.29 is 9.53 Å². The average Bonchev–Trinajstić information content (AvgIpc) is 2.92. The fourth-order valence-corrected chi connectivity index (χ4v) is 3.25. The van der Waals surface area contributed by atoms with Crippen molar-refractivity contribution in [1.82, 2.24) is 9.55 Å². The van der Waals surface area contributed by atoms with Gasteiger partial charge in [0.1, 0.15) is 5.25 Å². The number of hydrogen-bond donors (Lipinski definition) is 0. The molecular weight excluding hydrogens is 296 g/mol. The molecule has 0 fully saturated rings. The smallest absolute Gasteiger partial charge is 0.318 e. The minimum atomic E-state index is -0.315. The third kappa shape index (κ3) is 2.72. The van der Waals surface area contributed by atoms with Gasteiger partial charge < -0.3 is 4.74 Å². The number of aromatic nitrogens is 2. The van der Waals surface area contributed by atoms with E-state index in [0.29, 0.717) is 0 Å². The molecule has 0 saturated carbocycles. The van der Waals surface area contributed by atoms with Crippen LogP contribution in [-0.2, 0) is 9.53 Å². The average molecular weight is 312 g/mol. The van der Waals surface area contributed by atoms with Gasteiger partial charge in [0.15, 0.2) is 5.16 Å². The Hall–Kier alpha value is -2.27. The number of thioether (sulfide) groups is 1. The molecular formula is C17H16N2O2S. The molecule has 1 atom stereocenters. The number of para-hydroxylation sites is 3. The Morgan fingerprint density at radius 2 is 1.82 bits per heavy atom. The van der Waals surface area contributed by atoms with Crippen molar-refractivity contribution in [3.63, 3.8) is 0 Å². The summed E-state index contributed by atoms with van der Waals surface area (Å²) >= 11 is 1.40. The maximum Gasteiger partial charge on any atom is 0.318 e. The van der Waals surface area contributed by atoms with Crippen LogP contribution in [0, 0.1) is 0 Å². The topological polar surface area (TPSA) is 44.1 Å². The predicted molar refractivity (Wildman–Crippen MR) is 88.4 cm³/mol. The first kappa shape index (κ1) is 14.7. The van der Waals surface area contributed by atoms with Gasteiger partial charge in [-0.2, -0.15) is 0 Å². The summed E-state index contributed by atoms with van der Waals surface area (Å²) in [7, 11) is 1.40. The second-order valence-corrected chi connectivity index (χ2v) is 6.15. The molecule has 1 unspecified atom stereocenters. The minimum absolute atomic E-state index is 0.253. The van der Waals surface area contributed by atoms with Crippen molar-refractivity contribution >= 4 is 28.8 Å². The predicted octanol–water partition coefficient (Wildman–Crippen LogP) is 3.68. The van der Waals surface area contributed by atoms with Gasteiger partial charge in [0.05, 0.1) is 18.1 Å². The van der Waals surface area contributed by atoms with Gasteiger partial charge in [-0.25, -0.2) is 4.98 Å². The first-order valence-electron chi connectivity index (χ1n) is 6.98. The molecule has 0 amide bonds. The van der Waals surface area contributed by atoms with Gasteiger partial charge in [-0.05, 0) is 31.2 Å². The van der Waals surface area contributed by atoms with Crippen LogP contribution in [0.15, 0.2) is 59.8 Å². The van der Waals surface area contributed by atoms with Gasteiger partial charge >= 0.3 is 5.97 Å². The molecule has 1 heterocycles. The Balaban J connectivity index is 2.11. The number of benzene rings is 2. The molecule has 0 aliphatic carbocycles. The summed E-state index contributed by atoms with van der Waals surface area (Å²) < 4.78 is 6.88. The van der Waals surface area contributed by atoms with Gasteiger partial charge in [-0.15, -0.1) is 0 Å². The van der Waals surface area contributed by atoms with E-state index in [1.807, 2.05) is 61.5 Å². The van der Waals surface area contributed by atoms with E-state index in [9.17, 15) is 4.79 Å². The number of rotatable bonds is 4. The van der Waals surface area contributed by atoms with Crippen molar-refractivity contribution in [3.8, 4) is 5.69 Å². The molecule has 5 heteroatoms. The summed E-state index contributed by atoms with van der Waals surface area (Å²) in [6.45, 7) is 1.82. The zero-order chi connectivity index (χ0) is 15.5. The van der Waals surface area contributed by atoms with E-state index >= 15 is 0 Å². The lowest BCUT2D eigenvalue weighted by atomic mass is 10.3. The molecule has 3 rings (SSSR count). The number of hydrogen-bond acceptors (Lipinski definition) is 4. The van der Waals surface area contributed by atoms with Crippen LogP contribution < -0.4 is 0 Å². The van der Waals surface area contributed by atoms with Gasteiger partial charge in [-0.3, -0.25) is 9.36 Å². The zero-order valence-corrected chi connectivity index (χ0v) is 13.2. The number of nitrogens with zero attached hydrogens (tertiary/aromatic N) is 2. The lowest BCUT2D eigenvalue weighted by Gasteiger charge is -2.11. The molecule has 2 aromatic carbocycles. The van der Waals surface area contributed by atoms with E-state index in [1.165, 1.54) is 18.9 Å². The summed E-state index contributed by atoms with van der Waals surface area (Å²) in [6.07, 6.45) is 0. The first-order valence-corrected chi connectivity index (χ1v) is 7.86. The standard InChI is InChI=1S/C17H16N2O2S/c1-12(16(20)21-2)22-17-18-14-10-6-7-11-15(14)19(17)13-8-4-3-5-9-13/h3-12H,1-2H3. The van der Waals surface area contributed by atoms with Gasteiger partial charge in [0, 0.05) is 5.69 Å². The number of carbonyl (C=O) groups excluding carboxylic acids is 1. The molecule has 1 aromatic heterocycles.